The monoisotopic (exact) mass is 228 g/mol. The van der Waals surface area contributed by atoms with Gasteiger partial charge in [0.1, 0.15) is 6.04 Å². The van der Waals surface area contributed by atoms with E-state index in [1.54, 1.807) is 0 Å². The maximum atomic E-state index is 9.17. The molecule has 1 unspecified atom stereocenters. The highest BCUT2D eigenvalue weighted by Gasteiger charge is 2.25. The molecule has 0 aromatic heterocycles. The molecule has 0 aliphatic heterocycles. The van der Waals surface area contributed by atoms with Crippen molar-refractivity contribution in [3.8, 4) is 6.07 Å². The maximum Gasteiger partial charge on any atom is 0.121 e. The van der Waals surface area contributed by atoms with Crippen molar-refractivity contribution in [3.05, 3.63) is 35.4 Å². The second-order valence-electron chi connectivity index (χ2n) is 5.88. The van der Waals surface area contributed by atoms with Crippen molar-refractivity contribution >= 4 is 0 Å². The van der Waals surface area contributed by atoms with E-state index in [9.17, 15) is 5.26 Å². The first-order valence-electron chi connectivity index (χ1n) is 6.27. The van der Waals surface area contributed by atoms with E-state index in [4.69, 9.17) is 0 Å². The molecule has 2 heteroatoms. The fourth-order valence-electron chi connectivity index (χ4n) is 1.87. The highest BCUT2D eigenvalue weighted by molar-refractivity contribution is 5.31. The van der Waals surface area contributed by atoms with E-state index in [1.807, 2.05) is 0 Å². The lowest BCUT2D eigenvalue weighted by Gasteiger charge is -2.20. The molecule has 1 aliphatic carbocycles. The van der Waals surface area contributed by atoms with Crippen LogP contribution in [0.15, 0.2) is 24.3 Å². The van der Waals surface area contributed by atoms with Crippen LogP contribution in [0.1, 0.15) is 50.8 Å². The van der Waals surface area contributed by atoms with E-state index in [1.165, 1.54) is 18.4 Å². The third-order valence-electron chi connectivity index (χ3n) is 3.22. The first-order chi connectivity index (χ1) is 8.00. The zero-order chi connectivity index (χ0) is 12.5. The Kier molecular flexibility index (Phi) is 3.22. The van der Waals surface area contributed by atoms with Gasteiger partial charge in [0.2, 0.25) is 0 Å². The van der Waals surface area contributed by atoms with Gasteiger partial charge in [0.25, 0.3) is 0 Å². The Balaban J connectivity index is 2.13. The van der Waals surface area contributed by atoms with Gasteiger partial charge in [-0.05, 0) is 29.4 Å². The topological polar surface area (TPSA) is 35.8 Å². The zero-order valence-corrected chi connectivity index (χ0v) is 10.8. The largest absolute Gasteiger partial charge is 0.295 e. The van der Waals surface area contributed by atoms with Crippen LogP contribution in [0.5, 0.6) is 0 Å². The minimum Gasteiger partial charge on any atom is -0.295 e. The molecule has 1 N–H and O–H groups in total. The van der Waals surface area contributed by atoms with Crippen molar-refractivity contribution in [3.63, 3.8) is 0 Å². The highest BCUT2D eigenvalue weighted by Crippen LogP contribution is 2.26. The molecule has 0 radical (unpaired) electrons. The van der Waals surface area contributed by atoms with E-state index >= 15 is 0 Å². The summed E-state index contributed by atoms with van der Waals surface area (Å²) in [6.07, 6.45) is 2.41. The average molecular weight is 228 g/mol. The van der Waals surface area contributed by atoms with E-state index < -0.39 is 0 Å². The Morgan fingerprint density at radius 3 is 2.24 bits per heavy atom. The van der Waals surface area contributed by atoms with Gasteiger partial charge in [-0.2, -0.15) is 5.26 Å². The van der Waals surface area contributed by atoms with Crippen molar-refractivity contribution in [2.24, 2.45) is 0 Å². The van der Waals surface area contributed by atoms with Crippen LogP contribution >= 0.6 is 0 Å². The lowest BCUT2D eigenvalue weighted by molar-refractivity contribution is 0.587. The fraction of sp³-hybridized carbons (Fsp3) is 0.533. The van der Waals surface area contributed by atoms with E-state index in [-0.39, 0.29) is 11.5 Å². The molecule has 1 atom stereocenters. The van der Waals surface area contributed by atoms with Crippen LogP contribution in [-0.4, -0.2) is 6.04 Å². The Bertz CT molecular complexity index is 416. The molecule has 17 heavy (non-hydrogen) atoms. The molecule has 0 amide bonds. The average Bonchev–Trinajstić information content (AvgIpc) is 3.09. The fourth-order valence-corrected chi connectivity index (χ4v) is 1.87. The second kappa shape index (κ2) is 4.50. The SMILES string of the molecule is CC(C)(C)c1ccc(C(C#N)NC2CC2)cc1. The zero-order valence-electron chi connectivity index (χ0n) is 10.8. The Morgan fingerprint density at radius 1 is 1.24 bits per heavy atom. The van der Waals surface area contributed by atoms with Crippen molar-refractivity contribution < 1.29 is 0 Å². The predicted octanol–water partition coefficient (Wildman–Crippen LogP) is 3.30. The highest BCUT2D eigenvalue weighted by atomic mass is 15.0. The molecule has 1 aromatic carbocycles. The third kappa shape index (κ3) is 3.08. The number of nitrogens with one attached hydrogen (secondary N) is 1. The number of benzene rings is 1. The van der Waals surface area contributed by atoms with Crippen LogP contribution in [0.2, 0.25) is 0 Å². The summed E-state index contributed by atoms with van der Waals surface area (Å²) in [4.78, 5) is 0. The van der Waals surface area contributed by atoms with Crippen LogP contribution in [0, 0.1) is 11.3 Å². The summed E-state index contributed by atoms with van der Waals surface area (Å²) in [6, 6.07) is 11.2. The summed E-state index contributed by atoms with van der Waals surface area (Å²) in [6.45, 7) is 6.60. The van der Waals surface area contributed by atoms with Gasteiger partial charge in [0, 0.05) is 6.04 Å². The van der Waals surface area contributed by atoms with Crippen LogP contribution < -0.4 is 5.32 Å². The molecule has 2 nitrogen and oxygen atoms in total. The summed E-state index contributed by atoms with van der Waals surface area (Å²) in [5, 5.41) is 12.5. The van der Waals surface area contributed by atoms with Crippen LogP contribution in [0.3, 0.4) is 0 Å². The number of nitrogens with zero attached hydrogens (tertiary/aromatic N) is 1. The number of hydrogen-bond donors (Lipinski definition) is 1. The Morgan fingerprint density at radius 2 is 1.82 bits per heavy atom. The lowest BCUT2D eigenvalue weighted by Crippen LogP contribution is -2.22. The van der Waals surface area contributed by atoms with Crippen molar-refractivity contribution in [2.75, 3.05) is 0 Å². The summed E-state index contributed by atoms with van der Waals surface area (Å²) in [5.74, 6) is 0. The molecular weight excluding hydrogens is 208 g/mol. The summed E-state index contributed by atoms with van der Waals surface area (Å²) in [5.41, 5.74) is 2.56. The van der Waals surface area contributed by atoms with E-state index in [0.29, 0.717) is 6.04 Å². The van der Waals surface area contributed by atoms with Crippen molar-refractivity contribution in [2.45, 2.75) is 51.1 Å². The Hall–Kier alpha value is -1.33. The first-order valence-corrected chi connectivity index (χ1v) is 6.27. The number of nitriles is 1. The minimum absolute atomic E-state index is 0.156. The quantitative estimate of drug-likeness (QED) is 0.861. The van der Waals surface area contributed by atoms with Gasteiger partial charge in [0.05, 0.1) is 6.07 Å². The molecule has 1 saturated carbocycles. The molecule has 1 aromatic rings. The second-order valence-corrected chi connectivity index (χ2v) is 5.88. The summed E-state index contributed by atoms with van der Waals surface area (Å²) in [7, 11) is 0. The predicted molar refractivity (Wildman–Crippen MR) is 69.7 cm³/mol. The standard InChI is InChI=1S/C15H20N2/c1-15(2,3)12-6-4-11(5-7-12)14(10-16)17-13-8-9-13/h4-7,13-14,17H,8-9H2,1-3H3. The van der Waals surface area contributed by atoms with Gasteiger partial charge in [-0.1, -0.05) is 45.0 Å². The van der Waals surface area contributed by atoms with Crippen LogP contribution in [0.4, 0.5) is 0 Å². The molecule has 90 valence electrons. The maximum absolute atomic E-state index is 9.17. The molecule has 2 rings (SSSR count). The van der Waals surface area contributed by atoms with Crippen LogP contribution in [-0.2, 0) is 5.41 Å². The molecule has 0 heterocycles. The smallest absolute Gasteiger partial charge is 0.121 e. The van der Waals surface area contributed by atoms with E-state index in [0.717, 1.165) is 5.56 Å². The Labute approximate surface area is 104 Å². The summed E-state index contributed by atoms with van der Waals surface area (Å²) >= 11 is 0. The van der Waals surface area contributed by atoms with Gasteiger partial charge >= 0.3 is 0 Å². The lowest BCUT2D eigenvalue weighted by atomic mass is 9.86. The van der Waals surface area contributed by atoms with Crippen molar-refractivity contribution in [1.29, 1.82) is 5.26 Å². The van der Waals surface area contributed by atoms with Gasteiger partial charge in [-0.25, -0.2) is 0 Å². The van der Waals surface area contributed by atoms with E-state index in [2.05, 4.69) is 56.4 Å². The molecule has 0 spiro atoms. The van der Waals surface area contributed by atoms with Gasteiger partial charge < -0.3 is 0 Å². The molecular formula is C15H20N2. The minimum atomic E-state index is -0.156. The summed E-state index contributed by atoms with van der Waals surface area (Å²) < 4.78 is 0. The van der Waals surface area contributed by atoms with Crippen molar-refractivity contribution in [1.82, 2.24) is 5.32 Å². The molecule has 1 fully saturated rings. The van der Waals surface area contributed by atoms with Gasteiger partial charge in [-0.15, -0.1) is 0 Å². The number of rotatable bonds is 3. The third-order valence-corrected chi connectivity index (χ3v) is 3.22. The van der Waals surface area contributed by atoms with Gasteiger partial charge in [-0.3, -0.25) is 5.32 Å². The normalized spacial score (nSPS) is 17.5. The molecule has 1 aliphatic rings. The number of hydrogen-bond acceptors (Lipinski definition) is 2. The molecule has 0 bridgehead atoms. The van der Waals surface area contributed by atoms with Gasteiger partial charge in [0.15, 0.2) is 0 Å². The molecule has 0 saturated heterocycles. The van der Waals surface area contributed by atoms with Crippen LogP contribution in [0.25, 0.3) is 0 Å². The first kappa shape index (κ1) is 12.1.